The lowest BCUT2D eigenvalue weighted by molar-refractivity contribution is -0.133. The largest absolute Gasteiger partial charge is 0.390 e. The van der Waals surface area contributed by atoms with E-state index in [4.69, 9.17) is 0 Å². The molecule has 3 fully saturated rings. The van der Waals surface area contributed by atoms with Gasteiger partial charge in [0, 0.05) is 24.5 Å². The monoisotopic (exact) mass is 497 g/mol. The fourth-order valence-electron chi connectivity index (χ4n) is 6.63. The maximum Gasteiger partial charge on any atom is 0.237 e. The second kappa shape index (κ2) is 12.1. The summed E-state index contributed by atoms with van der Waals surface area (Å²) in [5.41, 5.74) is 0.803. The molecule has 36 heavy (non-hydrogen) atoms. The van der Waals surface area contributed by atoms with Crippen molar-refractivity contribution in [3.05, 3.63) is 35.9 Å². The van der Waals surface area contributed by atoms with Crippen LogP contribution in [0.5, 0.6) is 0 Å². The lowest BCUT2D eigenvalue weighted by Crippen LogP contribution is -2.60. The third kappa shape index (κ3) is 7.32. The van der Waals surface area contributed by atoms with Crippen LogP contribution in [0.15, 0.2) is 30.3 Å². The van der Waals surface area contributed by atoms with Crippen LogP contribution in [0.2, 0.25) is 0 Å². The van der Waals surface area contributed by atoms with E-state index in [1.54, 1.807) is 0 Å². The number of amides is 2. The van der Waals surface area contributed by atoms with Crippen LogP contribution in [0, 0.1) is 17.8 Å². The van der Waals surface area contributed by atoms with E-state index in [9.17, 15) is 14.7 Å². The van der Waals surface area contributed by atoms with Gasteiger partial charge in [-0.2, -0.15) is 0 Å². The van der Waals surface area contributed by atoms with Gasteiger partial charge in [0.1, 0.15) is 0 Å². The molecule has 0 bridgehead atoms. The number of carbonyl (C=O) groups excluding carboxylic acids is 2. The number of benzene rings is 1. The lowest BCUT2D eigenvalue weighted by Gasteiger charge is -2.47. The van der Waals surface area contributed by atoms with E-state index in [0.29, 0.717) is 24.8 Å². The Bertz CT molecular complexity index is 862. The van der Waals surface area contributed by atoms with Crippen molar-refractivity contribution in [1.29, 1.82) is 0 Å². The molecule has 0 aromatic heterocycles. The van der Waals surface area contributed by atoms with Gasteiger partial charge in [-0.3, -0.25) is 14.5 Å². The fourth-order valence-corrected chi connectivity index (χ4v) is 6.63. The first kappa shape index (κ1) is 27.1. The molecule has 3 N–H and O–H groups in total. The molecule has 6 nitrogen and oxygen atoms in total. The second-order valence-corrected chi connectivity index (χ2v) is 12.6. The normalized spacial score (nSPS) is 27.2. The molecular weight excluding hydrogens is 450 g/mol. The number of nitrogens with zero attached hydrogens (tertiary/aromatic N) is 1. The zero-order valence-electron chi connectivity index (χ0n) is 22.5. The van der Waals surface area contributed by atoms with Crippen molar-refractivity contribution in [3.8, 4) is 0 Å². The summed E-state index contributed by atoms with van der Waals surface area (Å²) in [5, 5.41) is 18.0. The standard InChI is InChI=1S/C30H47N3O3/c1-30(2,3)32-29(36)26-18-23-15-9-10-16-24(23)19-33(26)20-27(34)25(17-21-11-5-4-6-12-21)31-28(35)22-13-7-8-14-22/h4-6,11-12,22-27,34H,7-10,13-20H2,1-3H3,(H,31,35)(H,32,36)/t23?,24?,25?,26-,27?/m0/s1. The number of β-amino-alcohol motifs (C(OH)–C–C–N with tert-alkyl or cyclic N) is 1. The molecule has 1 heterocycles. The van der Waals surface area contributed by atoms with Gasteiger partial charge in [-0.25, -0.2) is 0 Å². The summed E-state index contributed by atoms with van der Waals surface area (Å²) in [6.45, 7) is 7.30. The van der Waals surface area contributed by atoms with E-state index in [1.165, 1.54) is 25.7 Å². The topological polar surface area (TPSA) is 81.7 Å². The molecule has 200 valence electrons. The molecule has 4 unspecified atom stereocenters. The number of piperidine rings is 1. The number of rotatable bonds is 8. The molecule has 1 saturated heterocycles. The Balaban J connectivity index is 1.50. The molecular formula is C30H47N3O3. The number of hydrogen-bond acceptors (Lipinski definition) is 4. The highest BCUT2D eigenvalue weighted by Gasteiger charge is 2.42. The van der Waals surface area contributed by atoms with Gasteiger partial charge in [-0.05, 0) is 70.3 Å². The van der Waals surface area contributed by atoms with E-state index in [2.05, 4.69) is 27.7 Å². The summed E-state index contributed by atoms with van der Waals surface area (Å²) in [6, 6.07) is 9.47. The van der Waals surface area contributed by atoms with Crippen molar-refractivity contribution in [2.75, 3.05) is 13.1 Å². The van der Waals surface area contributed by atoms with Gasteiger partial charge in [0.05, 0.1) is 18.2 Å². The third-order valence-corrected chi connectivity index (χ3v) is 8.54. The summed E-state index contributed by atoms with van der Waals surface area (Å²) in [6.07, 6.45) is 9.68. The maximum absolute atomic E-state index is 13.4. The van der Waals surface area contributed by atoms with Gasteiger partial charge in [0.25, 0.3) is 0 Å². The van der Waals surface area contributed by atoms with Gasteiger partial charge in [-0.1, -0.05) is 62.4 Å². The Morgan fingerprint density at radius 2 is 1.61 bits per heavy atom. The summed E-state index contributed by atoms with van der Waals surface area (Å²) < 4.78 is 0. The fraction of sp³-hybridized carbons (Fsp3) is 0.733. The van der Waals surface area contributed by atoms with E-state index in [1.807, 2.05) is 39.0 Å². The molecule has 2 saturated carbocycles. The van der Waals surface area contributed by atoms with Crippen molar-refractivity contribution in [2.24, 2.45) is 17.8 Å². The Labute approximate surface area is 217 Å². The summed E-state index contributed by atoms with van der Waals surface area (Å²) in [7, 11) is 0. The predicted molar refractivity (Wildman–Crippen MR) is 143 cm³/mol. The van der Waals surface area contributed by atoms with Gasteiger partial charge < -0.3 is 15.7 Å². The summed E-state index contributed by atoms with van der Waals surface area (Å²) in [4.78, 5) is 28.7. The zero-order chi connectivity index (χ0) is 25.7. The minimum atomic E-state index is -0.749. The molecule has 5 atom stereocenters. The zero-order valence-corrected chi connectivity index (χ0v) is 22.5. The van der Waals surface area contributed by atoms with Crippen molar-refractivity contribution in [2.45, 2.75) is 109 Å². The number of fused-ring (bicyclic) bond motifs is 1. The van der Waals surface area contributed by atoms with Crippen LogP contribution in [-0.2, 0) is 16.0 Å². The number of hydrogen-bond donors (Lipinski definition) is 3. The molecule has 6 heteroatoms. The van der Waals surface area contributed by atoms with Crippen LogP contribution >= 0.6 is 0 Å². The summed E-state index contributed by atoms with van der Waals surface area (Å²) in [5.74, 6) is 1.36. The minimum Gasteiger partial charge on any atom is -0.390 e. The Hall–Kier alpha value is -1.92. The predicted octanol–water partition coefficient (Wildman–Crippen LogP) is 4.06. The molecule has 0 spiro atoms. The number of aliphatic hydroxyl groups is 1. The number of nitrogens with one attached hydrogen (secondary N) is 2. The van der Waals surface area contributed by atoms with Crippen LogP contribution in [0.4, 0.5) is 0 Å². The quantitative estimate of drug-likeness (QED) is 0.506. The number of likely N-dealkylation sites (tertiary alicyclic amines) is 1. The average Bonchev–Trinajstić information content (AvgIpc) is 3.38. The highest BCUT2D eigenvalue weighted by Crippen LogP contribution is 2.39. The van der Waals surface area contributed by atoms with Crippen LogP contribution < -0.4 is 10.6 Å². The molecule has 1 aromatic rings. The van der Waals surface area contributed by atoms with Crippen LogP contribution in [-0.4, -0.2) is 58.6 Å². The van der Waals surface area contributed by atoms with Crippen LogP contribution in [0.25, 0.3) is 0 Å². The summed E-state index contributed by atoms with van der Waals surface area (Å²) >= 11 is 0. The molecule has 1 aromatic carbocycles. The van der Waals surface area contributed by atoms with Gasteiger partial charge >= 0.3 is 0 Å². The van der Waals surface area contributed by atoms with Crippen LogP contribution in [0.3, 0.4) is 0 Å². The van der Waals surface area contributed by atoms with E-state index in [-0.39, 0.29) is 35.4 Å². The Morgan fingerprint density at radius 3 is 2.28 bits per heavy atom. The first-order chi connectivity index (χ1) is 17.2. The van der Waals surface area contributed by atoms with Gasteiger partial charge in [0.15, 0.2) is 0 Å². The highest BCUT2D eigenvalue weighted by molar-refractivity contribution is 5.82. The Kier molecular flexibility index (Phi) is 9.10. The van der Waals surface area contributed by atoms with Gasteiger partial charge in [-0.15, -0.1) is 0 Å². The van der Waals surface area contributed by atoms with Gasteiger partial charge in [0.2, 0.25) is 11.8 Å². The minimum absolute atomic E-state index is 0.0544. The second-order valence-electron chi connectivity index (χ2n) is 12.6. The van der Waals surface area contributed by atoms with Crippen molar-refractivity contribution in [3.63, 3.8) is 0 Å². The highest BCUT2D eigenvalue weighted by atomic mass is 16.3. The molecule has 4 rings (SSSR count). The Morgan fingerprint density at radius 1 is 0.972 bits per heavy atom. The first-order valence-electron chi connectivity index (χ1n) is 14.3. The van der Waals surface area contributed by atoms with Crippen LogP contribution in [0.1, 0.15) is 84.1 Å². The van der Waals surface area contributed by atoms with E-state index >= 15 is 0 Å². The average molecular weight is 498 g/mol. The molecule has 1 aliphatic heterocycles. The molecule has 2 amide bonds. The van der Waals surface area contributed by atoms with E-state index < -0.39 is 6.10 Å². The lowest BCUT2D eigenvalue weighted by atomic mass is 9.72. The number of aliphatic hydroxyl groups excluding tert-OH is 1. The third-order valence-electron chi connectivity index (χ3n) is 8.54. The van der Waals surface area contributed by atoms with E-state index in [0.717, 1.165) is 44.2 Å². The molecule has 3 aliphatic rings. The first-order valence-corrected chi connectivity index (χ1v) is 14.3. The van der Waals surface area contributed by atoms with Crippen molar-refractivity contribution >= 4 is 11.8 Å². The molecule has 2 aliphatic carbocycles. The SMILES string of the molecule is CC(C)(C)NC(=O)[C@@H]1CC2CCCCC2CN1CC(O)C(Cc1ccccc1)NC(=O)C1CCCC1. The van der Waals surface area contributed by atoms with Crippen molar-refractivity contribution in [1.82, 2.24) is 15.5 Å². The smallest absolute Gasteiger partial charge is 0.237 e. The maximum atomic E-state index is 13.4. The van der Waals surface area contributed by atoms with Crippen molar-refractivity contribution < 1.29 is 14.7 Å². The number of carbonyl (C=O) groups is 2. The molecule has 0 radical (unpaired) electrons.